The highest BCUT2D eigenvalue weighted by molar-refractivity contribution is 6.35. The summed E-state index contributed by atoms with van der Waals surface area (Å²) in [6.45, 7) is 1.19. The summed E-state index contributed by atoms with van der Waals surface area (Å²) >= 11 is 12.2. The molecule has 0 bridgehead atoms. The molecule has 0 saturated heterocycles. The first-order valence-corrected chi connectivity index (χ1v) is 7.65. The molecule has 1 aromatic rings. The van der Waals surface area contributed by atoms with Crippen LogP contribution in [-0.2, 0) is 6.42 Å². The number of hydrogen-bond acceptors (Lipinski definition) is 1. The lowest BCUT2D eigenvalue weighted by Gasteiger charge is -2.37. The van der Waals surface area contributed by atoms with Gasteiger partial charge in [-0.25, -0.2) is 0 Å². The maximum Gasteiger partial charge on any atom is 0.0452 e. The topological polar surface area (TPSA) is 12.0 Å². The van der Waals surface area contributed by atoms with Gasteiger partial charge in [-0.15, -0.1) is 0 Å². The van der Waals surface area contributed by atoms with Crippen molar-refractivity contribution in [3.63, 3.8) is 0 Å². The van der Waals surface area contributed by atoms with Gasteiger partial charge < -0.3 is 5.32 Å². The van der Waals surface area contributed by atoms with Crippen molar-refractivity contribution in [2.24, 2.45) is 11.8 Å². The van der Waals surface area contributed by atoms with Gasteiger partial charge in [0, 0.05) is 16.1 Å². The van der Waals surface area contributed by atoms with Gasteiger partial charge in [-0.3, -0.25) is 0 Å². The minimum absolute atomic E-state index is 0.726. The van der Waals surface area contributed by atoms with Gasteiger partial charge in [0.1, 0.15) is 0 Å². The van der Waals surface area contributed by atoms with Crippen LogP contribution in [0, 0.1) is 11.8 Å². The quantitative estimate of drug-likeness (QED) is 0.849. The van der Waals surface area contributed by atoms with E-state index in [1.54, 1.807) is 0 Å². The van der Waals surface area contributed by atoms with Gasteiger partial charge in [-0.05, 0) is 68.2 Å². The molecule has 0 radical (unpaired) electrons. The maximum absolute atomic E-state index is 6.24. The lowest BCUT2D eigenvalue weighted by atomic mass is 9.70. The maximum atomic E-state index is 6.24. The first-order chi connectivity index (χ1) is 8.72. The SMILES string of the molecule is Clc1ccc(CC2CCC2CNC2CC2)c(Cl)c1. The van der Waals surface area contributed by atoms with Crippen LogP contribution in [0.2, 0.25) is 10.0 Å². The molecule has 98 valence electrons. The standard InChI is InChI=1S/C15H19Cl2N/c16-13-4-3-11(15(17)8-13)7-10-1-2-12(10)9-18-14-5-6-14/h3-4,8,10,12,14,18H,1-2,5-7,9H2. The Balaban J connectivity index is 1.54. The molecule has 0 aromatic heterocycles. The van der Waals surface area contributed by atoms with Crippen molar-refractivity contribution in [3.8, 4) is 0 Å². The summed E-state index contributed by atoms with van der Waals surface area (Å²) < 4.78 is 0. The first kappa shape index (κ1) is 12.8. The predicted octanol–water partition coefficient (Wildman–Crippen LogP) is 4.31. The van der Waals surface area contributed by atoms with Crippen molar-refractivity contribution >= 4 is 23.2 Å². The third-order valence-corrected chi connectivity index (χ3v) is 4.91. The average molecular weight is 284 g/mol. The highest BCUT2D eigenvalue weighted by Crippen LogP contribution is 2.38. The zero-order valence-electron chi connectivity index (χ0n) is 10.5. The average Bonchev–Trinajstić information content (AvgIpc) is 3.10. The van der Waals surface area contributed by atoms with Crippen molar-refractivity contribution in [1.82, 2.24) is 5.32 Å². The number of rotatable bonds is 5. The molecule has 2 atom stereocenters. The minimum atomic E-state index is 0.726. The molecule has 0 heterocycles. The molecule has 1 N–H and O–H groups in total. The van der Waals surface area contributed by atoms with E-state index in [9.17, 15) is 0 Å². The van der Waals surface area contributed by atoms with E-state index in [1.807, 2.05) is 12.1 Å². The van der Waals surface area contributed by atoms with Crippen molar-refractivity contribution in [3.05, 3.63) is 33.8 Å². The number of benzene rings is 1. The van der Waals surface area contributed by atoms with Gasteiger partial charge in [0.25, 0.3) is 0 Å². The molecule has 18 heavy (non-hydrogen) atoms. The molecular formula is C15H19Cl2N. The highest BCUT2D eigenvalue weighted by atomic mass is 35.5. The zero-order valence-corrected chi connectivity index (χ0v) is 12.0. The zero-order chi connectivity index (χ0) is 12.5. The molecule has 2 aliphatic carbocycles. The molecular weight excluding hydrogens is 265 g/mol. The van der Waals surface area contributed by atoms with E-state index in [4.69, 9.17) is 23.2 Å². The van der Waals surface area contributed by atoms with Crippen LogP contribution < -0.4 is 5.32 Å². The second-order valence-corrected chi connectivity index (χ2v) is 6.56. The van der Waals surface area contributed by atoms with E-state index in [1.165, 1.54) is 37.8 Å². The monoisotopic (exact) mass is 283 g/mol. The van der Waals surface area contributed by atoms with Gasteiger partial charge in [-0.1, -0.05) is 29.3 Å². The Kier molecular flexibility index (Phi) is 3.83. The van der Waals surface area contributed by atoms with Crippen LogP contribution in [0.5, 0.6) is 0 Å². The fraction of sp³-hybridized carbons (Fsp3) is 0.600. The lowest BCUT2D eigenvalue weighted by Crippen LogP contribution is -2.37. The highest BCUT2D eigenvalue weighted by Gasteiger charge is 2.32. The number of hydrogen-bond donors (Lipinski definition) is 1. The van der Waals surface area contributed by atoms with Crippen molar-refractivity contribution in [2.75, 3.05) is 6.54 Å². The Morgan fingerprint density at radius 1 is 1.06 bits per heavy atom. The summed E-state index contributed by atoms with van der Waals surface area (Å²) in [6, 6.07) is 6.70. The Morgan fingerprint density at radius 3 is 2.44 bits per heavy atom. The Labute approximate surface area is 119 Å². The molecule has 3 heteroatoms. The third kappa shape index (κ3) is 3.01. The summed E-state index contributed by atoms with van der Waals surface area (Å²) in [5.74, 6) is 1.65. The molecule has 2 unspecified atom stereocenters. The molecule has 0 aliphatic heterocycles. The van der Waals surface area contributed by atoms with E-state index in [0.717, 1.165) is 34.3 Å². The van der Waals surface area contributed by atoms with Crippen molar-refractivity contribution in [1.29, 1.82) is 0 Å². The number of nitrogens with one attached hydrogen (secondary N) is 1. The Hall–Kier alpha value is -0.240. The molecule has 2 fully saturated rings. The second-order valence-electron chi connectivity index (χ2n) is 5.72. The lowest BCUT2D eigenvalue weighted by molar-refractivity contribution is 0.170. The smallest absolute Gasteiger partial charge is 0.0452 e. The summed E-state index contributed by atoms with van der Waals surface area (Å²) in [5.41, 5.74) is 1.25. The van der Waals surface area contributed by atoms with E-state index >= 15 is 0 Å². The van der Waals surface area contributed by atoms with Gasteiger partial charge in [0.15, 0.2) is 0 Å². The fourth-order valence-corrected chi connectivity index (χ4v) is 3.24. The fourth-order valence-electron chi connectivity index (χ4n) is 2.75. The molecule has 1 nitrogen and oxygen atoms in total. The molecule has 1 aromatic carbocycles. The molecule has 2 saturated carbocycles. The van der Waals surface area contributed by atoms with Gasteiger partial charge in [-0.2, -0.15) is 0 Å². The molecule has 3 rings (SSSR count). The van der Waals surface area contributed by atoms with Crippen LogP contribution in [-0.4, -0.2) is 12.6 Å². The van der Waals surface area contributed by atoms with Gasteiger partial charge in [0.05, 0.1) is 0 Å². The molecule has 0 spiro atoms. The summed E-state index contributed by atoms with van der Waals surface area (Å²) in [4.78, 5) is 0. The van der Waals surface area contributed by atoms with Crippen LogP contribution in [0.4, 0.5) is 0 Å². The predicted molar refractivity (Wildman–Crippen MR) is 77.4 cm³/mol. The van der Waals surface area contributed by atoms with Crippen LogP contribution in [0.25, 0.3) is 0 Å². The minimum Gasteiger partial charge on any atom is -0.314 e. The third-order valence-electron chi connectivity index (χ3n) is 4.32. The largest absolute Gasteiger partial charge is 0.314 e. The Bertz CT molecular complexity index is 429. The van der Waals surface area contributed by atoms with E-state index < -0.39 is 0 Å². The van der Waals surface area contributed by atoms with Crippen molar-refractivity contribution < 1.29 is 0 Å². The van der Waals surface area contributed by atoms with E-state index in [-0.39, 0.29) is 0 Å². The first-order valence-electron chi connectivity index (χ1n) is 6.89. The van der Waals surface area contributed by atoms with E-state index in [2.05, 4.69) is 11.4 Å². The molecule has 2 aliphatic rings. The van der Waals surface area contributed by atoms with Crippen LogP contribution in [0.3, 0.4) is 0 Å². The normalized spacial score (nSPS) is 27.0. The van der Waals surface area contributed by atoms with Crippen LogP contribution in [0.15, 0.2) is 18.2 Å². The van der Waals surface area contributed by atoms with Gasteiger partial charge >= 0.3 is 0 Å². The van der Waals surface area contributed by atoms with Crippen molar-refractivity contribution in [2.45, 2.75) is 38.1 Å². The van der Waals surface area contributed by atoms with Gasteiger partial charge in [0.2, 0.25) is 0 Å². The summed E-state index contributed by atoms with van der Waals surface area (Å²) in [7, 11) is 0. The second kappa shape index (κ2) is 5.40. The molecule has 0 amide bonds. The number of halogens is 2. The summed E-state index contributed by atoms with van der Waals surface area (Å²) in [6.07, 6.45) is 6.57. The van der Waals surface area contributed by atoms with Crippen LogP contribution >= 0.6 is 23.2 Å². The van der Waals surface area contributed by atoms with Crippen LogP contribution in [0.1, 0.15) is 31.2 Å². The Morgan fingerprint density at radius 2 is 1.83 bits per heavy atom. The summed E-state index contributed by atoms with van der Waals surface area (Å²) in [5, 5.41) is 5.19. The van der Waals surface area contributed by atoms with E-state index in [0.29, 0.717) is 0 Å².